The number of esters is 1. The Morgan fingerprint density at radius 1 is 0.923 bits per heavy atom. The van der Waals surface area contributed by atoms with Crippen molar-refractivity contribution in [3.05, 3.63) is 65.2 Å². The first kappa shape index (κ1) is 18.5. The van der Waals surface area contributed by atoms with E-state index in [9.17, 15) is 18.0 Å². The average molecular weight is 362 g/mol. The fraction of sp³-hybridized carbons (Fsp3) is 0.381. The molecule has 0 heterocycles. The van der Waals surface area contributed by atoms with Gasteiger partial charge < -0.3 is 4.74 Å². The average Bonchev–Trinajstić information content (AvgIpc) is 2.62. The number of carbonyl (C=O) groups excluding carboxylic acids is 1. The molecule has 0 amide bonds. The number of hydrogen-bond donors (Lipinski definition) is 0. The van der Waals surface area contributed by atoms with Crippen molar-refractivity contribution in [2.24, 2.45) is 5.92 Å². The molecular formula is C21H21F3O2. The van der Waals surface area contributed by atoms with Crippen molar-refractivity contribution in [1.29, 1.82) is 0 Å². The smallest absolute Gasteiger partial charge is 0.416 e. The SMILES string of the molecule is CC1CCC(c2ccc(C(=O)Oc3ccc(C(F)(F)F)cc3)cc2)CC1. The second-order valence-electron chi connectivity index (χ2n) is 6.99. The molecule has 1 aliphatic rings. The molecule has 5 heteroatoms. The van der Waals surface area contributed by atoms with Crippen LogP contribution in [0.5, 0.6) is 5.75 Å². The maximum Gasteiger partial charge on any atom is 0.416 e. The van der Waals surface area contributed by atoms with Crippen molar-refractivity contribution >= 4 is 5.97 Å². The topological polar surface area (TPSA) is 26.3 Å². The highest BCUT2D eigenvalue weighted by atomic mass is 19.4. The molecule has 1 fully saturated rings. The Morgan fingerprint density at radius 2 is 1.50 bits per heavy atom. The molecule has 0 radical (unpaired) electrons. The largest absolute Gasteiger partial charge is 0.423 e. The molecule has 0 N–H and O–H groups in total. The number of benzene rings is 2. The Kier molecular flexibility index (Phi) is 5.35. The fourth-order valence-corrected chi connectivity index (χ4v) is 3.36. The van der Waals surface area contributed by atoms with Crippen LogP contribution in [-0.4, -0.2) is 5.97 Å². The standard InChI is InChI=1S/C21H21F3O2/c1-14-2-4-15(5-3-14)16-6-8-17(9-7-16)20(25)26-19-12-10-18(11-13-19)21(22,23)24/h6-15H,2-5H2,1H3. The van der Waals surface area contributed by atoms with Crippen molar-refractivity contribution in [3.8, 4) is 5.75 Å². The summed E-state index contributed by atoms with van der Waals surface area (Å²) in [5.41, 5.74) is 0.837. The summed E-state index contributed by atoms with van der Waals surface area (Å²) in [4.78, 5) is 12.2. The van der Waals surface area contributed by atoms with Crippen LogP contribution in [0.15, 0.2) is 48.5 Å². The van der Waals surface area contributed by atoms with Gasteiger partial charge in [0.1, 0.15) is 5.75 Å². The lowest BCUT2D eigenvalue weighted by Gasteiger charge is -2.26. The van der Waals surface area contributed by atoms with Crippen LogP contribution in [0.25, 0.3) is 0 Å². The van der Waals surface area contributed by atoms with E-state index in [1.807, 2.05) is 12.1 Å². The highest BCUT2D eigenvalue weighted by Crippen LogP contribution is 2.35. The van der Waals surface area contributed by atoms with Gasteiger partial charge >= 0.3 is 12.1 Å². The fourth-order valence-electron chi connectivity index (χ4n) is 3.36. The molecule has 0 unspecified atom stereocenters. The summed E-state index contributed by atoms with van der Waals surface area (Å²) in [6, 6.07) is 11.4. The van der Waals surface area contributed by atoms with Crippen LogP contribution in [0.4, 0.5) is 13.2 Å². The molecule has 138 valence electrons. The highest BCUT2D eigenvalue weighted by molar-refractivity contribution is 5.91. The monoisotopic (exact) mass is 362 g/mol. The van der Waals surface area contributed by atoms with Gasteiger partial charge in [0.15, 0.2) is 0 Å². The minimum Gasteiger partial charge on any atom is -0.423 e. The lowest BCUT2D eigenvalue weighted by molar-refractivity contribution is -0.137. The zero-order valence-corrected chi connectivity index (χ0v) is 14.6. The predicted octanol–water partition coefficient (Wildman–Crippen LogP) is 6.22. The van der Waals surface area contributed by atoms with E-state index < -0.39 is 17.7 Å². The molecule has 0 bridgehead atoms. The molecule has 1 aliphatic carbocycles. The molecular weight excluding hydrogens is 341 g/mol. The Hall–Kier alpha value is -2.30. The van der Waals surface area contributed by atoms with Gasteiger partial charge in [-0.15, -0.1) is 0 Å². The molecule has 0 atom stereocenters. The minimum absolute atomic E-state index is 0.0911. The van der Waals surface area contributed by atoms with E-state index in [1.165, 1.54) is 18.4 Å². The summed E-state index contributed by atoms with van der Waals surface area (Å²) in [6.07, 6.45) is 0.368. The third-order valence-electron chi connectivity index (χ3n) is 5.03. The van der Waals surface area contributed by atoms with Crippen LogP contribution in [0, 0.1) is 5.92 Å². The van der Waals surface area contributed by atoms with Gasteiger partial charge in [-0.25, -0.2) is 4.79 Å². The van der Waals surface area contributed by atoms with Crippen molar-refractivity contribution in [1.82, 2.24) is 0 Å². The zero-order chi connectivity index (χ0) is 18.7. The Labute approximate surface area is 151 Å². The first-order valence-corrected chi connectivity index (χ1v) is 8.82. The van der Waals surface area contributed by atoms with Crippen molar-refractivity contribution in [2.45, 2.75) is 44.7 Å². The third kappa shape index (κ3) is 4.45. The van der Waals surface area contributed by atoms with Gasteiger partial charge in [-0.2, -0.15) is 13.2 Å². The molecule has 0 spiro atoms. The Bertz CT molecular complexity index is 740. The van der Waals surface area contributed by atoms with Gasteiger partial charge in [0.2, 0.25) is 0 Å². The quantitative estimate of drug-likeness (QED) is 0.479. The van der Waals surface area contributed by atoms with Gasteiger partial charge in [-0.1, -0.05) is 31.9 Å². The molecule has 2 nitrogen and oxygen atoms in total. The van der Waals surface area contributed by atoms with Gasteiger partial charge in [-0.05, 0) is 66.6 Å². The zero-order valence-electron chi connectivity index (χ0n) is 14.6. The summed E-state index contributed by atoms with van der Waals surface area (Å²) in [5, 5.41) is 0. The van der Waals surface area contributed by atoms with Crippen molar-refractivity contribution < 1.29 is 22.7 Å². The highest BCUT2D eigenvalue weighted by Gasteiger charge is 2.30. The maximum atomic E-state index is 12.6. The first-order chi connectivity index (χ1) is 12.3. The van der Waals surface area contributed by atoms with E-state index in [-0.39, 0.29) is 5.75 Å². The van der Waals surface area contributed by atoms with Gasteiger partial charge in [0.05, 0.1) is 11.1 Å². The second-order valence-corrected chi connectivity index (χ2v) is 6.99. The lowest BCUT2D eigenvalue weighted by atomic mass is 9.79. The molecule has 3 rings (SSSR count). The summed E-state index contributed by atoms with van der Waals surface area (Å²) in [6.45, 7) is 2.27. The van der Waals surface area contributed by atoms with Crippen LogP contribution >= 0.6 is 0 Å². The van der Waals surface area contributed by atoms with E-state index in [0.29, 0.717) is 11.5 Å². The third-order valence-corrected chi connectivity index (χ3v) is 5.03. The van der Waals surface area contributed by atoms with E-state index in [2.05, 4.69) is 6.92 Å². The number of alkyl halides is 3. The van der Waals surface area contributed by atoms with Crippen LogP contribution in [0.2, 0.25) is 0 Å². The first-order valence-electron chi connectivity index (χ1n) is 8.82. The lowest BCUT2D eigenvalue weighted by Crippen LogP contribution is -2.12. The number of hydrogen-bond acceptors (Lipinski definition) is 2. The molecule has 2 aromatic carbocycles. The van der Waals surface area contributed by atoms with Gasteiger partial charge in [0.25, 0.3) is 0 Å². The van der Waals surface area contributed by atoms with Crippen LogP contribution in [0.3, 0.4) is 0 Å². The summed E-state index contributed by atoms with van der Waals surface area (Å²) in [7, 11) is 0. The number of carbonyl (C=O) groups is 1. The predicted molar refractivity (Wildman–Crippen MR) is 93.2 cm³/mol. The molecule has 0 aromatic heterocycles. The number of halogens is 3. The van der Waals surface area contributed by atoms with Gasteiger partial charge in [0, 0.05) is 0 Å². The van der Waals surface area contributed by atoms with Crippen LogP contribution in [0.1, 0.15) is 60.0 Å². The summed E-state index contributed by atoms with van der Waals surface area (Å²) >= 11 is 0. The molecule has 0 saturated heterocycles. The van der Waals surface area contributed by atoms with Crippen LogP contribution in [-0.2, 0) is 6.18 Å². The normalized spacial score (nSPS) is 20.6. The maximum absolute atomic E-state index is 12.6. The number of ether oxygens (including phenoxy) is 1. The summed E-state index contributed by atoms with van der Waals surface area (Å²) in [5.74, 6) is 0.831. The van der Waals surface area contributed by atoms with E-state index in [4.69, 9.17) is 4.74 Å². The minimum atomic E-state index is -4.41. The Morgan fingerprint density at radius 3 is 2.04 bits per heavy atom. The molecule has 1 saturated carbocycles. The van der Waals surface area contributed by atoms with E-state index in [0.717, 1.165) is 43.0 Å². The molecule has 0 aliphatic heterocycles. The Balaban J connectivity index is 1.63. The molecule has 2 aromatic rings. The van der Waals surface area contributed by atoms with E-state index >= 15 is 0 Å². The number of rotatable bonds is 3. The van der Waals surface area contributed by atoms with Crippen LogP contribution < -0.4 is 4.74 Å². The summed E-state index contributed by atoms with van der Waals surface area (Å²) < 4.78 is 42.8. The van der Waals surface area contributed by atoms with Crippen molar-refractivity contribution in [2.75, 3.05) is 0 Å². The second kappa shape index (κ2) is 7.52. The van der Waals surface area contributed by atoms with E-state index in [1.54, 1.807) is 12.1 Å². The van der Waals surface area contributed by atoms with Gasteiger partial charge in [-0.3, -0.25) is 0 Å². The molecule has 26 heavy (non-hydrogen) atoms. The van der Waals surface area contributed by atoms with Crippen molar-refractivity contribution in [3.63, 3.8) is 0 Å².